The molecule has 1 aliphatic heterocycles. The summed E-state index contributed by atoms with van der Waals surface area (Å²) in [5.41, 5.74) is 2.28. The number of benzene rings is 3. The minimum absolute atomic E-state index is 0.0210. The number of amides is 3. The first kappa shape index (κ1) is 25.5. The van der Waals surface area contributed by atoms with Crippen LogP contribution in [0.5, 0.6) is 0 Å². The van der Waals surface area contributed by atoms with Crippen molar-refractivity contribution in [2.45, 2.75) is 32.6 Å². The van der Waals surface area contributed by atoms with E-state index in [0.29, 0.717) is 11.1 Å². The Kier molecular flexibility index (Phi) is 7.02. The van der Waals surface area contributed by atoms with Crippen LogP contribution in [-0.2, 0) is 17.5 Å². The number of hydrogen-bond donors (Lipinski definition) is 2. The maximum absolute atomic E-state index is 13.5. The van der Waals surface area contributed by atoms with Crippen molar-refractivity contribution in [2.24, 2.45) is 0 Å². The molecular weight excluding hydrogens is 481 g/mol. The van der Waals surface area contributed by atoms with Gasteiger partial charge >= 0.3 is 12.2 Å². The molecule has 1 atom stereocenters. The maximum Gasteiger partial charge on any atom is 0.416 e. The van der Waals surface area contributed by atoms with Crippen LogP contribution in [0.1, 0.15) is 40.8 Å². The van der Waals surface area contributed by atoms with Crippen molar-refractivity contribution in [3.8, 4) is 6.07 Å². The summed E-state index contributed by atoms with van der Waals surface area (Å²) < 4.78 is 40.1. The number of halogens is 3. The lowest BCUT2D eigenvalue weighted by atomic mass is 9.93. The van der Waals surface area contributed by atoms with E-state index in [2.05, 4.69) is 10.6 Å². The van der Waals surface area contributed by atoms with Crippen LogP contribution in [0, 0.1) is 18.3 Å². The fourth-order valence-electron chi connectivity index (χ4n) is 4.25. The summed E-state index contributed by atoms with van der Waals surface area (Å²) in [4.78, 5) is 27.8. The minimum atomic E-state index is -4.60. The summed E-state index contributed by atoms with van der Waals surface area (Å²) in [6.45, 7) is 3.67. The molecule has 3 aromatic carbocycles. The van der Waals surface area contributed by atoms with E-state index in [1.807, 2.05) is 37.3 Å². The Bertz CT molecular complexity index is 1420. The Hall–Kier alpha value is -4.58. The van der Waals surface area contributed by atoms with Crippen molar-refractivity contribution >= 4 is 17.6 Å². The van der Waals surface area contributed by atoms with Gasteiger partial charge in [0.1, 0.15) is 0 Å². The monoisotopic (exact) mass is 504 g/mol. The van der Waals surface area contributed by atoms with Crippen LogP contribution in [0.15, 0.2) is 84.1 Å². The van der Waals surface area contributed by atoms with Crippen molar-refractivity contribution in [1.82, 2.24) is 10.6 Å². The van der Waals surface area contributed by atoms with Crippen LogP contribution >= 0.6 is 0 Å². The predicted molar refractivity (Wildman–Crippen MR) is 132 cm³/mol. The number of nitrogens with one attached hydrogen (secondary N) is 2. The lowest BCUT2D eigenvalue weighted by Crippen LogP contribution is -2.49. The standard InChI is InChI=1S/C28H23F3N4O2/c1-17-6-3-4-7-21(17)16-33-26(36)24-18(2)35(23-9-5-8-22(14-23)28(29,30)31)27(37)34-25(24)20-12-10-19(15-32)11-13-20/h3-14,25H,16H2,1-2H3,(H,33,36)(H,34,37). The van der Waals surface area contributed by atoms with Gasteiger partial charge in [-0.1, -0.05) is 42.5 Å². The van der Waals surface area contributed by atoms with Crippen LogP contribution in [0.4, 0.5) is 23.7 Å². The number of aryl methyl sites for hydroxylation is 1. The lowest BCUT2D eigenvalue weighted by Gasteiger charge is -2.36. The zero-order valence-electron chi connectivity index (χ0n) is 20.1. The van der Waals surface area contributed by atoms with Crippen molar-refractivity contribution in [3.05, 3.63) is 112 Å². The number of hydrogen-bond acceptors (Lipinski definition) is 3. The van der Waals surface area contributed by atoms with Crippen molar-refractivity contribution in [1.29, 1.82) is 5.26 Å². The molecule has 0 aromatic heterocycles. The van der Waals surface area contributed by atoms with E-state index in [1.54, 1.807) is 24.3 Å². The normalized spacial score (nSPS) is 15.7. The van der Waals surface area contributed by atoms with Crippen LogP contribution in [-0.4, -0.2) is 11.9 Å². The fourth-order valence-corrected chi connectivity index (χ4v) is 4.25. The number of allylic oxidation sites excluding steroid dienone is 1. The molecule has 0 saturated heterocycles. The highest BCUT2D eigenvalue weighted by Crippen LogP contribution is 2.36. The number of nitrogens with zero attached hydrogens (tertiary/aromatic N) is 2. The maximum atomic E-state index is 13.5. The Morgan fingerprint density at radius 3 is 2.41 bits per heavy atom. The molecule has 0 fully saturated rings. The molecule has 1 aliphatic rings. The summed E-state index contributed by atoms with van der Waals surface area (Å²) in [6.07, 6.45) is -4.60. The molecule has 0 radical (unpaired) electrons. The van der Waals surface area contributed by atoms with Crippen molar-refractivity contribution < 1.29 is 22.8 Å². The SMILES string of the molecule is CC1=C(C(=O)NCc2ccccc2C)C(c2ccc(C#N)cc2)NC(=O)N1c1cccc(C(F)(F)F)c1. The number of carbonyl (C=O) groups is 2. The summed E-state index contributed by atoms with van der Waals surface area (Å²) in [7, 11) is 0. The molecule has 188 valence electrons. The van der Waals surface area contributed by atoms with E-state index < -0.39 is 29.7 Å². The highest BCUT2D eigenvalue weighted by Gasteiger charge is 2.37. The van der Waals surface area contributed by atoms with Gasteiger partial charge < -0.3 is 10.6 Å². The van der Waals surface area contributed by atoms with Gasteiger partial charge in [0.15, 0.2) is 0 Å². The van der Waals surface area contributed by atoms with Gasteiger partial charge in [-0.2, -0.15) is 18.4 Å². The van der Waals surface area contributed by atoms with E-state index >= 15 is 0 Å². The van der Waals surface area contributed by atoms with Gasteiger partial charge in [0.2, 0.25) is 0 Å². The van der Waals surface area contributed by atoms with Gasteiger partial charge in [0.05, 0.1) is 34.5 Å². The molecule has 1 heterocycles. The second-order valence-electron chi connectivity index (χ2n) is 8.61. The average Bonchev–Trinajstić information content (AvgIpc) is 2.87. The molecular formula is C28H23F3N4O2. The highest BCUT2D eigenvalue weighted by molar-refractivity contribution is 6.04. The summed E-state index contributed by atoms with van der Waals surface area (Å²) >= 11 is 0. The van der Waals surface area contributed by atoms with Crippen molar-refractivity contribution in [2.75, 3.05) is 4.90 Å². The summed E-state index contributed by atoms with van der Waals surface area (Å²) in [5.74, 6) is -0.480. The number of nitriles is 1. The molecule has 3 amide bonds. The molecule has 4 rings (SSSR count). The van der Waals surface area contributed by atoms with Gasteiger partial charge in [0, 0.05) is 12.2 Å². The number of alkyl halides is 3. The largest absolute Gasteiger partial charge is 0.416 e. The van der Waals surface area contributed by atoms with Crippen LogP contribution in [0.2, 0.25) is 0 Å². The Balaban J connectivity index is 1.77. The van der Waals surface area contributed by atoms with E-state index in [0.717, 1.165) is 28.2 Å². The first-order chi connectivity index (χ1) is 17.6. The number of rotatable bonds is 5. The topological polar surface area (TPSA) is 85.2 Å². The van der Waals surface area contributed by atoms with Crippen LogP contribution < -0.4 is 15.5 Å². The van der Waals surface area contributed by atoms with Gasteiger partial charge in [-0.15, -0.1) is 0 Å². The molecule has 9 heteroatoms. The molecule has 1 unspecified atom stereocenters. The molecule has 0 saturated carbocycles. The molecule has 2 N–H and O–H groups in total. The number of carbonyl (C=O) groups excluding carboxylic acids is 2. The predicted octanol–water partition coefficient (Wildman–Crippen LogP) is 5.75. The second kappa shape index (κ2) is 10.2. The minimum Gasteiger partial charge on any atom is -0.348 e. The van der Waals surface area contributed by atoms with Gasteiger partial charge in [0.25, 0.3) is 5.91 Å². The number of urea groups is 1. The lowest BCUT2D eigenvalue weighted by molar-refractivity contribution is -0.137. The first-order valence-electron chi connectivity index (χ1n) is 11.4. The zero-order valence-corrected chi connectivity index (χ0v) is 20.1. The van der Waals surface area contributed by atoms with Crippen molar-refractivity contribution in [3.63, 3.8) is 0 Å². The Labute approximate surface area is 212 Å². The highest BCUT2D eigenvalue weighted by atomic mass is 19.4. The average molecular weight is 505 g/mol. The zero-order chi connectivity index (χ0) is 26.7. The Morgan fingerprint density at radius 1 is 1.05 bits per heavy atom. The molecule has 3 aromatic rings. The van der Waals surface area contributed by atoms with Gasteiger partial charge in [-0.25, -0.2) is 4.79 Å². The third kappa shape index (κ3) is 5.33. The third-order valence-corrected chi connectivity index (χ3v) is 6.23. The van der Waals surface area contributed by atoms with E-state index in [-0.39, 0.29) is 23.5 Å². The first-order valence-corrected chi connectivity index (χ1v) is 11.4. The van der Waals surface area contributed by atoms with E-state index in [9.17, 15) is 22.8 Å². The van der Waals surface area contributed by atoms with E-state index in [1.165, 1.54) is 19.1 Å². The Morgan fingerprint density at radius 2 is 1.76 bits per heavy atom. The van der Waals surface area contributed by atoms with E-state index in [4.69, 9.17) is 5.26 Å². The van der Waals surface area contributed by atoms with Gasteiger partial charge in [-0.3, -0.25) is 9.69 Å². The van der Waals surface area contributed by atoms with Gasteiger partial charge in [-0.05, 0) is 60.9 Å². The molecule has 6 nitrogen and oxygen atoms in total. The smallest absolute Gasteiger partial charge is 0.348 e. The number of anilines is 1. The second-order valence-corrected chi connectivity index (χ2v) is 8.61. The van der Waals surface area contributed by atoms with Crippen LogP contribution in [0.25, 0.3) is 0 Å². The molecule has 0 bridgehead atoms. The summed E-state index contributed by atoms with van der Waals surface area (Å²) in [5, 5.41) is 14.8. The molecule has 0 spiro atoms. The summed E-state index contributed by atoms with van der Waals surface area (Å²) in [6, 6.07) is 18.8. The molecule has 37 heavy (non-hydrogen) atoms. The van der Waals surface area contributed by atoms with Crippen LogP contribution in [0.3, 0.4) is 0 Å². The fraction of sp³-hybridized carbons (Fsp3) is 0.179. The third-order valence-electron chi connectivity index (χ3n) is 6.23. The molecule has 0 aliphatic carbocycles. The quantitative estimate of drug-likeness (QED) is 0.464.